The van der Waals surface area contributed by atoms with Gasteiger partial charge >= 0.3 is 0 Å². The summed E-state index contributed by atoms with van der Waals surface area (Å²) in [7, 11) is 2.08. The molecule has 0 saturated carbocycles. The van der Waals surface area contributed by atoms with E-state index in [1.165, 1.54) is 43.1 Å². The molecule has 1 aromatic carbocycles. The third kappa shape index (κ3) is 4.04. The highest BCUT2D eigenvalue weighted by molar-refractivity contribution is 5.82. The molecule has 2 unspecified atom stereocenters. The number of benzene rings is 1. The van der Waals surface area contributed by atoms with Gasteiger partial charge in [-0.25, -0.2) is 0 Å². The van der Waals surface area contributed by atoms with Crippen molar-refractivity contribution >= 4 is 10.9 Å². The highest BCUT2D eigenvalue weighted by Crippen LogP contribution is 2.30. The number of unbranched alkanes of at least 4 members (excludes halogenated alkanes) is 1. The molecule has 2 aromatic rings. The highest BCUT2D eigenvalue weighted by atomic mass is 14.9. The van der Waals surface area contributed by atoms with Crippen molar-refractivity contribution in [3.63, 3.8) is 0 Å². The lowest BCUT2D eigenvalue weighted by atomic mass is 9.88. The summed E-state index contributed by atoms with van der Waals surface area (Å²) in [5.41, 5.74) is 2.48. The van der Waals surface area contributed by atoms with Crippen molar-refractivity contribution < 1.29 is 0 Å². The van der Waals surface area contributed by atoms with E-state index in [0.29, 0.717) is 6.04 Å². The topological polar surface area (TPSA) is 24.9 Å². The van der Waals surface area contributed by atoms with Gasteiger partial charge in [-0.15, -0.1) is 0 Å². The summed E-state index contributed by atoms with van der Waals surface area (Å²) < 4.78 is 0. The molecule has 0 bridgehead atoms. The molecule has 0 aliphatic heterocycles. The second kappa shape index (κ2) is 8.14. The minimum atomic E-state index is 0.416. The molecule has 2 nitrogen and oxygen atoms in total. The second-order valence-corrected chi connectivity index (χ2v) is 5.91. The van der Waals surface area contributed by atoms with Crippen LogP contribution in [-0.2, 0) is 0 Å². The van der Waals surface area contributed by atoms with E-state index >= 15 is 0 Å². The van der Waals surface area contributed by atoms with E-state index in [4.69, 9.17) is 0 Å². The minimum absolute atomic E-state index is 0.416. The summed E-state index contributed by atoms with van der Waals surface area (Å²) in [4.78, 5) is 4.48. The SMILES string of the molecule is CCCCC(CC)CC(NC)c1cccc2ncccc12. The number of hydrogen-bond acceptors (Lipinski definition) is 2. The van der Waals surface area contributed by atoms with Crippen molar-refractivity contribution in [2.75, 3.05) is 7.05 Å². The number of pyridine rings is 1. The Bertz CT molecular complexity index is 545. The van der Waals surface area contributed by atoms with Crippen LogP contribution >= 0.6 is 0 Å². The second-order valence-electron chi connectivity index (χ2n) is 5.91. The van der Waals surface area contributed by atoms with Crippen LogP contribution in [0.5, 0.6) is 0 Å². The molecule has 2 atom stereocenters. The Labute approximate surface area is 129 Å². The van der Waals surface area contributed by atoms with Crippen LogP contribution < -0.4 is 5.32 Å². The molecular formula is C19H28N2. The zero-order valence-electron chi connectivity index (χ0n) is 13.6. The first-order valence-electron chi connectivity index (χ1n) is 8.31. The van der Waals surface area contributed by atoms with Gasteiger partial charge in [0.25, 0.3) is 0 Å². The Kier molecular flexibility index (Phi) is 6.19. The number of hydrogen-bond donors (Lipinski definition) is 1. The van der Waals surface area contributed by atoms with Crippen LogP contribution in [0.4, 0.5) is 0 Å². The molecule has 1 heterocycles. The van der Waals surface area contributed by atoms with E-state index in [1.807, 2.05) is 12.3 Å². The lowest BCUT2D eigenvalue weighted by molar-refractivity contribution is 0.366. The van der Waals surface area contributed by atoms with E-state index in [1.54, 1.807) is 0 Å². The Hall–Kier alpha value is -1.41. The lowest BCUT2D eigenvalue weighted by Crippen LogP contribution is -2.20. The van der Waals surface area contributed by atoms with Gasteiger partial charge in [0.2, 0.25) is 0 Å². The van der Waals surface area contributed by atoms with E-state index in [-0.39, 0.29) is 0 Å². The molecule has 21 heavy (non-hydrogen) atoms. The highest BCUT2D eigenvalue weighted by Gasteiger charge is 2.17. The van der Waals surface area contributed by atoms with Gasteiger partial charge < -0.3 is 5.32 Å². The van der Waals surface area contributed by atoms with Crippen LogP contribution in [0.25, 0.3) is 10.9 Å². The van der Waals surface area contributed by atoms with Crippen molar-refractivity contribution in [1.29, 1.82) is 0 Å². The van der Waals surface area contributed by atoms with Crippen molar-refractivity contribution in [2.45, 2.75) is 52.0 Å². The fourth-order valence-electron chi connectivity index (χ4n) is 3.15. The predicted octanol–water partition coefficient (Wildman–Crippen LogP) is 5.10. The van der Waals surface area contributed by atoms with E-state index in [2.05, 4.69) is 55.5 Å². The van der Waals surface area contributed by atoms with Gasteiger partial charge in [-0.1, -0.05) is 57.7 Å². The summed E-state index contributed by atoms with van der Waals surface area (Å²) in [6.45, 7) is 4.59. The van der Waals surface area contributed by atoms with Gasteiger partial charge in [0.1, 0.15) is 0 Å². The molecule has 2 rings (SSSR count). The van der Waals surface area contributed by atoms with Crippen molar-refractivity contribution in [2.24, 2.45) is 5.92 Å². The minimum Gasteiger partial charge on any atom is -0.313 e. The Morgan fingerprint density at radius 2 is 2.00 bits per heavy atom. The average molecular weight is 284 g/mol. The average Bonchev–Trinajstić information content (AvgIpc) is 2.55. The lowest BCUT2D eigenvalue weighted by Gasteiger charge is -2.24. The van der Waals surface area contributed by atoms with Gasteiger partial charge in [-0.2, -0.15) is 0 Å². The van der Waals surface area contributed by atoms with Crippen molar-refractivity contribution in [3.8, 4) is 0 Å². The molecule has 2 heteroatoms. The molecule has 0 aliphatic carbocycles. The Morgan fingerprint density at radius 3 is 2.71 bits per heavy atom. The Morgan fingerprint density at radius 1 is 1.14 bits per heavy atom. The largest absolute Gasteiger partial charge is 0.313 e. The quantitative estimate of drug-likeness (QED) is 0.729. The molecule has 1 N–H and O–H groups in total. The van der Waals surface area contributed by atoms with Crippen LogP contribution in [-0.4, -0.2) is 12.0 Å². The third-order valence-electron chi connectivity index (χ3n) is 4.52. The van der Waals surface area contributed by atoms with Crippen LogP contribution in [0.15, 0.2) is 36.5 Å². The molecule has 0 spiro atoms. The predicted molar refractivity (Wildman–Crippen MR) is 91.5 cm³/mol. The van der Waals surface area contributed by atoms with Crippen molar-refractivity contribution in [1.82, 2.24) is 10.3 Å². The van der Waals surface area contributed by atoms with Crippen LogP contribution in [0, 0.1) is 5.92 Å². The fraction of sp³-hybridized carbons (Fsp3) is 0.526. The number of fused-ring (bicyclic) bond motifs is 1. The first kappa shape index (κ1) is 16.0. The van der Waals surface area contributed by atoms with Crippen molar-refractivity contribution in [3.05, 3.63) is 42.1 Å². The molecule has 0 amide bonds. The Balaban J connectivity index is 2.22. The maximum Gasteiger partial charge on any atom is 0.0705 e. The standard InChI is InChI=1S/C19H28N2/c1-4-6-9-15(5-2)14-19(20-3)17-10-7-12-18-16(17)11-8-13-21-18/h7-8,10-13,15,19-20H,4-6,9,14H2,1-3H3. The number of rotatable bonds is 8. The van der Waals surface area contributed by atoms with E-state index in [9.17, 15) is 0 Å². The molecular weight excluding hydrogens is 256 g/mol. The zero-order chi connectivity index (χ0) is 15.1. The van der Waals surface area contributed by atoms with E-state index in [0.717, 1.165) is 11.4 Å². The maximum absolute atomic E-state index is 4.48. The smallest absolute Gasteiger partial charge is 0.0705 e. The first-order chi connectivity index (χ1) is 10.3. The molecule has 0 fully saturated rings. The van der Waals surface area contributed by atoms with Gasteiger partial charge in [0.05, 0.1) is 5.52 Å². The summed E-state index contributed by atoms with van der Waals surface area (Å²) in [5.74, 6) is 0.800. The molecule has 0 saturated heterocycles. The first-order valence-corrected chi connectivity index (χ1v) is 8.31. The third-order valence-corrected chi connectivity index (χ3v) is 4.52. The monoisotopic (exact) mass is 284 g/mol. The van der Waals surface area contributed by atoms with Crippen LogP contribution in [0.1, 0.15) is 57.6 Å². The normalized spacial score (nSPS) is 14.2. The van der Waals surface area contributed by atoms with E-state index < -0.39 is 0 Å². The molecule has 0 radical (unpaired) electrons. The van der Waals surface area contributed by atoms with Crippen LogP contribution in [0.2, 0.25) is 0 Å². The maximum atomic E-state index is 4.48. The van der Waals surface area contributed by atoms with Crippen LogP contribution in [0.3, 0.4) is 0 Å². The van der Waals surface area contributed by atoms with Gasteiger partial charge in [-0.3, -0.25) is 4.98 Å². The number of nitrogens with zero attached hydrogens (tertiary/aromatic N) is 1. The van der Waals surface area contributed by atoms with Gasteiger partial charge in [-0.05, 0) is 37.1 Å². The summed E-state index contributed by atoms with van der Waals surface area (Å²) in [6, 6.07) is 11.1. The molecule has 114 valence electrons. The summed E-state index contributed by atoms with van der Waals surface area (Å²) in [5, 5.41) is 4.81. The van der Waals surface area contributed by atoms with Gasteiger partial charge in [0.15, 0.2) is 0 Å². The van der Waals surface area contributed by atoms with Gasteiger partial charge in [0, 0.05) is 17.6 Å². The summed E-state index contributed by atoms with van der Waals surface area (Å²) in [6.07, 6.45) is 8.32. The molecule has 1 aromatic heterocycles. The molecule has 0 aliphatic rings. The summed E-state index contributed by atoms with van der Waals surface area (Å²) >= 11 is 0. The number of nitrogens with one attached hydrogen (secondary N) is 1. The fourth-order valence-corrected chi connectivity index (χ4v) is 3.15. The number of aromatic nitrogens is 1. The zero-order valence-corrected chi connectivity index (χ0v) is 13.6.